The number of ether oxygens (including phenoxy) is 1. The van der Waals surface area contributed by atoms with Gasteiger partial charge in [-0.1, -0.05) is 34.8 Å². The zero-order valence-electron chi connectivity index (χ0n) is 13.0. The molecule has 0 aliphatic heterocycles. The SMILES string of the molecule is Cc1sc2nc([C@H](C)Oc3cc(Cl)c(Cl)cc3Cl)[nH]c(=O)c2c1C. The molecule has 0 saturated carbocycles. The van der Waals surface area contributed by atoms with E-state index in [2.05, 4.69) is 9.97 Å². The molecule has 0 saturated heterocycles. The van der Waals surface area contributed by atoms with Crippen LogP contribution >= 0.6 is 46.1 Å². The number of thiophene rings is 1. The van der Waals surface area contributed by atoms with Gasteiger partial charge in [-0.15, -0.1) is 11.3 Å². The molecule has 126 valence electrons. The molecule has 1 N–H and O–H groups in total. The maximum absolute atomic E-state index is 12.3. The highest BCUT2D eigenvalue weighted by atomic mass is 35.5. The van der Waals surface area contributed by atoms with Crippen molar-refractivity contribution in [2.24, 2.45) is 0 Å². The summed E-state index contributed by atoms with van der Waals surface area (Å²) >= 11 is 19.5. The van der Waals surface area contributed by atoms with E-state index in [1.165, 1.54) is 17.4 Å². The summed E-state index contributed by atoms with van der Waals surface area (Å²) < 4.78 is 5.80. The molecule has 1 aromatic carbocycles. The third kappa shape index (κ3) is 3.14. The first-order valence-electron chi connectivity index (χ1n) is 7.09. The maximum atomic E-state index is 12.3. The fourth-order valence-corrected chi connectivity index (χ4v) is 3.92. The van der Waals surface area contributed by atoms with Gasteiger partial charge in [-0.25, -0.2) is 4.98 Å². The number of halogens is 3. The summed E-state index contributed by atoms with van der Waals surface area (Å²) in [5.41, 5.74) is 0.781. The number of benzene rings is 1. The zero-order valence-corrected chi connectivity index (χ0v) is 16.1. The molecule has 8 heteroatoms. The number of nitrogens with one attached hydrogen (secondary N) is 1. The van der Waals surface area contributed by atoms with Crippen LogP contribution in [0.15, 0.2) is 16.9 Å². The van der Waals surface area contributed by atoms with E-state index in [1.54, 1.807) is 13.0 Å². The first-order valence-corrected chi connectivity index (χ1v) is 9.04. The third-order valence-electron chi connectivity index (χ3n) is 3.72. The van der Waals surface area contributed by atoms with Crippen molar-refractivity contribution in [3.63, 3.8) is 0 Å². The molecule has 1 atom stereocenters. The van der Waals surface area contributed by atoms with Gasteiger partial charge in [0.25, 0.3) is 5.56 Å². The summed E-state index contributed by atoms with van der Waals surface area (Å²) in [6.45, 7) is 5.66. The minimum absolute atomic E-state index is 0.174. The van der Waals surface area contributed by atoms with Gasteiger partial charge in [0, 0.05) is 10.9 Å². The Morgan fingerprint density at radius 3 is 2.54 bits per heavy atom. The van der Waals surface area contributed by atoms with Crippen LogP contribution in [0.2, 0.25) is 15.1 Å². The van der Waals surface area contributed by atoms with E-state index in [4.69, 9.17) is 39.5 Å². The molecule has 0 amide bonds. The second kappa shape index (κ2) is 6.56. The number of hydrogen-bond donors (Lipinski definition) is 1. The molecule has 0 aliphatic carbocycles. The van der Waals surface area contributed by atoms with E-state index in [9.17, 15) is 4.79 Å². The number of hydrogen-bond acceptors (Lipinski definition) is 4. The third-order valence-corrected chi connectivity index (χ3v) is 5.84. The second-order valence-corrected chi connectivity index (χ2v) is 7.80. The van der Waals surface area contributed by atoms with Gasteiger partial charge in [-0.3, -0.25) is 4.79 Å². The summed E-state index contributed by atoms with van der Waals surface area (Å²) in [7, 11) is 0. The predicted molar refractivity (Wildman–Crippen MR) is 100 cm³/mol. The molecule has 0 fully saturated rings. The number of H-pyrrole nitrogens is 1. The largest absolute Gasteiger partial charge is 0.481 e. The first kappa shape index (κ1) is 17.5. The summed E-state index contributed by atoms with van der Waals surface area (Å²) in [6, 6.07) is 3.05. The molecule has 0 unspecified atom stereocenters. The molecule has 0 spiro atoms. The number of aryl methyl sites for hydroxylation is 2. The maximum Gasteiger partial charge on any atom is 0.260 e. The molecule has 0 radical (unpaired) electrons. The Labute approximate surface area is 157 Å². The van der Waals surface area contributed by atoms with Gasteiger partial charge in [0.1, 0.15) is 10.6 Å². The normalized spacial score (nSPS) is 12.6. The van der Waals surface area contributed by atoms with Crippen molar-refractivity contribution >= 4 is 56.4 Å². The quantitative estimate of drug-likeness (QED) is 0.570. The number of aromatic amines is 1. The number of aromatic nitrogens is 2. The summed E-state index contributed by atoms with van der Waals surface area (Å²) in [5.74, 6) is 0.802. The standard InChI is InChI=1S/C16H13Cl3N2O2S/c1-6-8(3)24-16-13(6)15(22)20-14(21-16)7(2)23-12-5-10(18)9(17)4-11(12)19/h4-5,7H,1-3H3,(H,20,21,22)/t7-/m0/s1. The van der Waals surface area contributed by atoms with Gasteiger partial charge in [-0.2, -0.15) is 0 Å². The highest BCUT2D eigenvalue weighted by Gasteiger charge is 2.18. The molecule has 0 aliphatic rings. The fourth-order valence-electron chi connectivity index (χ4n) is 2.30. The number of fused-ring (bicyclic) bond motifs is 1. The average Bonchev–Trinajstić information content (AvgIpc) is 2.80. The molecule has 24 heavy (non-hydrogen) atoms. The van der Waals surface area contributed by atoms with Gasteiger partial charge in [0.05, 0.1) is 20.5 Å². The Bertz CT molecular complexity index is 997. The van der Waals surface area contributed by atoms with E-state index in [0.717, 1.165) is 10.4 Å². The molecule has 4 nitrogen and oxygen atoms in total. The zero-order chi connectivity index (χ0) is 17.6. The van der Waals surface area contributed by atoms with E-state index in [0.29, 0.717) is 36.9 Å². The Kier molecular flexibility index (Phi) is 4.80. The Morgan fingerprint density at radius 1 is 1.17 bits per heavy atom. The Morgan fingerprint density at radius 2 is 1.83 bits per heavy atom. The van der Waals surface area contributed by atoms with Crippen LogP contribution in [-0.4, -0.2) is 9.97 Å². The lowest BCUT2D eigenvalue weighted by molar-refractivity contribution is 0.217. The van der Waals surface area contributed by atoms with Gasteiger partial charge >= 0.3 is 0 Å². The Balaban J connectivity index is 1.99. The summed E-state index contributed by atoms with van der Waals surface area (Å²) in [5, 5.41) is 1.65. The highest BCUT2D eigenvalue weighted by Crippen LogP contribution is 2.36. The first-order chi connectivity index (χ1) is 11.3. The molecule has 0 bridgehead atoms. The van der Waals surface area contributed by atoms with E-state index in [-0.39, 0.29) is 5.56 Å². The summed E-state index contributed by atoms with van der Waals surface area (Å²) in [4.78, 5) is 21.4. The second-order valence-electron chi connectivity index (χ2n) is 5.37. The van der Waals surface area contributed by atoms with Crippen molar-refractivity contribution in [2.75, 3.05) is 0 Å². The van der Waals surface area contributed by atoms with Crippen LogP contribution in [0, 0.1) is 13.8 Å². The van der Waals surface area contributed by atoms with Gasteiger partial charge in [-0.05, 0) is 32.4 Å². The van der Waals surface area contributed by atoms with Crippen molar-refractivity contribution in [1.82, 2.24) is 9.97 Å². The molecule has 3 rings (SSSR count). The van der Waals surface area contributed by atoms with E-state index in [1.807, 2.05) is 13.8 Å². The lowest BCUT2D eigenvalue weighted by Crippen LogP contribution is -2.16. The van der Waals surface area contributed by atoms with Crippen LogP contribution in [-0.2, 0) is 0 Å². The summed E-state index contributed by atoms with van der Waals surface area (Å²) in [6.07, 6.45) is -0.514. The fraction of sp³-hybridized carbons (Fsp3) is 0.250. The highest BCUT2D eigenvalue weighted by molar-refractivity contribution is 7.18. The van der Waals surface area contributed by atoms with Gasteiger partial charge in [0.2, 0.25) is 0 Å². The minimum Gasteiger partial charge on any atom is -0.481 e. The van der Waals surface area contributed by atoms with Crippen LogP contribution in [0.5, 0.6) is 5.75 Å². The van der Waals surface area contributed by atoms with Crippen LogP contribution in [0.1, 0.15) is 29.3 Å². The average molecular weight is 404 g/mol. The minimum atomic E-state index is -0.514. The van der Waals surface area contributed by atoms with Crippen LogP contribution < -0.4 is 10.3 Å². The van der Waals surface area contributed by atoms with Gasteiger partial charge in [0.15, 0.2) is 11.9 Å². The smallest absolute Gasteiger partial charge is 0.260 e. The van der Waals surface area contributed by atoms with Crippen molar-refractivity contribution in [2.45, 2.75) is 26.9 Å². The molecular formula is C16H13Cl3N2O2S. The van der Waals surface area contributed by atoms with Crippen molar-refractivity contribution in [3.8, 4) is 5.75 Å². The van der Waals surface area contributed by atoms with Crippen LogP contribution in [0.3, 0.4) is 0 Å². The van der Waals surface area contributed by atoms with Crippen molar-refractivity contribution in [3.05, 3.63) is 53.8 Å². The number of nitrogens with zero attached hydrogens (tertiary/aromatic N) is 1. The Hall–Kier alpha value is -1.27. The predicted octanol–water partition coefficient (Wildman–Crippen LogP) is 5.70. The van der Waals surface area contributed by atoms with E-state index >= 15 is 0 Å². The molecule has 3 aromatic rings. The topological polar surface area (TPSA) is 55.0 Å². The lowest BCUT2D eigenvalue weighted by atomic mass is 10.2. The molecule has 2 heterocycles. The number of rotatable bonds is 3. The monoisotopic (exact) mass is 402 g/mol. The van der Waals surface area contributed by atoms with Crippen LogP contribution in [0.4, 0.5) is 0 Å². The molecule has 2 aromatic heterocycles. The van der Waals surface area contributed by atoms with E-state index < -0.39 is 6.10 Å². The van der Waals surface area contributed by atoms with Crippen molar-refractivity contribution < 1.29 is 4.74 Å². The van der Waals surface area contributed by atoms with Crippen LogP contribution in [0.25, 0.3) is 10.2 Å². The van der Waals surface area contributed by atoms with Gasteiger partial charge < -0.3 is 9.72 Å². The lowest BCUT2D eigenvalue weighted by Gasteiger charge is -2.15. The van der Waals surface area contributed by atoms with Crippen molar-refractivity contribution in [1.29, 1.82) is 0 Å². The molecular weight excluding hydrogens is 391 g/mol.